The number of rotatable bonds is 3. The second-order valence-electron chi connectivity index (χ2n) is 3.72. The van der Waals surface area contributed by atoms with Gasteiger partial charge in [0.25, 0.3) is 0 Å². The minimum atomic E-state index is -0.253. The maximum atomic E-state index is 10.4. The number of hydrogen-bond acceptors (Lipinski definition) is 2. The van der Waals surface area contributed by atoms with Crippen LogP contribution in [0.4, 0.5) is 0 Å². The summed E-state index contributed by atoms with van der Waals surface area (Å²) in [6.45, 7) is 5.90. The highest BCUT2D eigenvalue weighted by Crippen LogP contribution is 2.23. The SMILES string of the molecule is Cc1cccc(C)c1C(C)C[N+](=O)[O-]. The first-order chi connectivity index (χ1) is 6.52. The number of nitrogens with zero attached hydrogens (tertiary/aromatic N) is 1. The van der Waals surface area contributed by atoms with Crippen LogP contribution < -0.4 is 0 Å². The molecule has 0 aliphatic heterocycles. The van der Waals surface area contributed by atoms with Gasteiger partial charge < -0.3 is 0 Å². The molecular weight excluding hydrogens is 178 g/mol. The maximum Gasteiger partial charge on any atom is 0.210 e. The number of nitro groups is 1. The summed E-state index contributed by atoms with van der Waals surface area (Å²) in [7, 11) is 0. The average Bonchev–Trinajstić information content (AvgIpc) is 2.01. The molecular formula is C11H15NO2. The summed E-state index contributed by atoms with van der Waals surface area (Å²) >= 11 is 0. The van der Waals surface area contributed by atoms with Gasteiger partial charge in [0.15, 0.2) is 0 Å². The van der Waals surface area contributed by atoms with E-state index in [1.54, 1.807) is 0 Å². The highest BCUT2D eigenvalue weighted by molar-refractivity contribution is 5.36. The molecule has 0 saturated heterocycles. The van der Waals surface area contributed by atoms with E-state index in [1.807, 2.05) is 39.0 Å². The van der Waals surface area contributed by atoms with Gasteiger partial charge in [-0.2, -0.15) is 0 Å². The molecule has 0 bridgehead atoms. The maximum absolute atomic E-state index is 10.4. The van der Waals surface area contributed by atoms with E-state index in [-0.39, 0.29) is 17.4 Å². The standard InChI is InChI=1S/C11H15NO2/c1-8-5-4-6-9(2)11(8)10(3)7-12(13)14/h4-6,10H,7H2,1-3H3. The van der Waals surface area contributed by atoms with Crippen LogP contribution in [0.15, 0.2) is 18.2 Å². The van der Waals surface area contributed by atoms with Crippen molar-refractivity contribution >= 4 is 0 Å². The van der Waals surface area contributed by atoms with E-state index in [0.29, 0.717) is 0 Å². The average molecular weight is 193 g/mol. The molecule has 0 saturated carbocycles. The lowest BCUT2D eigenvalue weighted by atomic mass is 9.92. The third-order valence-corrected chi connectivity index (χ3v) is 2.46. The van der Waals surface area contributed by atoms with Gasteiger partial charge in [-0.1, -0.05) is 25.1 Å². The van der Waals surface area contributed by atoms with E-state index in [2.05, 4.69) is 0 Å². The molecule has 0 spiro atoms. The van der Waals surface area contributed by atoms with Gasteiger partial charge in [0.1, 0.15) is 0 Å². The molecule has 0 fully saturated rings. The fourth-order valence-electron chi connectivity index (χ4n) is 1.92. The van der Waals surface area contributed by atoms with Crippen molar-refractivity contribution in [1.82, 2.24) is 0 Å². The predicted octanol–water partition coefficient (Wildman–Crippen LogP) is 2.68. The Balaban J connectivity index is 2.99. The van der Waals surface area contributed by atoms with Gasteiger partial charge in [-0.15, -0.1) is 0 Å². The zero-order valence-corrected chi connectivity index (χ0v) is 8.78. The Morgan fingerprint density at radius 1 is 1.36 bits per heavy atom. The smallest absolute Gasteiger partial charge is 0.210 e. The first-order valence-corrected chi connectivity index (χ1v) is 4.70. The van der Waals surface area contributed by atoms with Crippen molar-refractivity contribution in [2.45, 2.75) is 26.7 Å². The van der Waals surface area contributed by atoms with Gasteiger partial charge in [0.05, 0.1) is 0 Å². The molecule has 3 heteroatoms. The van der Waals surface area contributed by atoms with Gasteiger partial charge in [-0.05, 0) is 30.5 Å². The van der Waals surface area contributed by atoms with E-state index in [9.17, 15) is 10.1 Å². The van der Waals surface area contributed by atoms with Crippen LogP contribution in [0, 0.1) is 24.0 Å². The van der Waals surface area contributed by atoms with Gasteiger partial charge in [0, 0.05) is 10.8 Å². The van der Waals surface area contributed by atoms with Crippen molar-refractivity contribution in [1.29, 1.82) is 0 Å². The Morgan fingerprint density at radius 2 is 1.86 bits per heavy atom. The Bertz CT molecular complexity index is 327. The van der Waals surface area contributed by atoms with E-state index in [0.717, 1.165) is 16.7 Å². The minimum Gasteiger partial charge on any atom is -0.265 e. The van der Waals surface area contributed by atoms with Crippen LogP contribution in [-0.2, 0) is 0 Å². The molecule has 1 aromatic rings. The molecule has 0 radical (unpaired) electrons. The molecule has 76 valence electrons. The number of benzene rings is 1. The van der Waals surface area contributed by atoms with Gasteiger partial charge >= 0.3 is 0 Å². The van der Waals surface area contributed by atoms with Gasteiger partial charge in [0.2, 0.25) is 6.54 Å². The van der Waals surface area contributed by atoms with Crippen molar-refractivity contribution in [3.8, 4) is 0 Å². The first kappa shape index (κ1) is 10.7. The second kappa shape index (κ2) is 4.22. The van der Waals surface area contributed by atoms with Crippen molar-refractivity contribution in [3.05, 3.63) is 45.0 Å². The lowest BCUT2D eigenvalue weighted by molar-refractivity contribution is -0.482. The summed E-state index contributed by atoms with van der Waals surface area (Å²) in [5.41, 5.74) is 3.39. The Hall–Kier alpha value is -1.38. The Morgan fingerprint density at radius 3 is 2.29 bits per heavy atom. The summed E-state index contributed by atoms with van der Waals surface area (Å²) in [6, 6.07) is 5.98. The molecule has 0 N–H and O–H groups in total. The molecule has 0 amide bonds. The summed E-state index contributed by atoms with van der Waals surface area (Å²) in [5.74, 6) is -0.00815. The Labute approximate surface area is 83.9 Å². The molecule has 0 aromatic heterocycles. The van der Waals surface area contributed by atoms with Crippen LogP contribution in [0.25, 0.3) is 0 Å². The molecule has 0 heterocycles. The highest BCUT2D eigenvalue weighted by Gasteiger charge is 2.15. The predicted molar refractivity (Wildman–Crippen MR) is 56.2 cm³/mol. The zero-order valence-electron chi connectivity index (χ0n) is 8.78. The normalized spacial score (nSPS) is 12.5. The van der Waals surface area contributed by atoms with Gasteiger partial charge in [-0.3, -0.25) is 10.1 Å². The van der Waals surface area contributed by atoms with Gasteiger partial charge in [-0.25, -0.2) is 0 Å². The molecule has 1 aromatic carbocycles. The van der Waals surface area contributed by atoms with Crippen LogP contribution in [-0.4, -0.2) is 11.5 Å². The Kier molecular flexibility index (Phi) is 3.23. The van der Waals surface area contributed by atoms with E-state index in [1.165, 1.54) is 0 Å². The van der Waals surface area contributed by atoms with Crippen molar-refractivity contribution < 1.29 is 4.92 Å². The molecule has 1 unspecified atom stereocenters. The number of aryl methyl sites for hydroxylation is 2. The van der Waals surface area contributed by atoms with E-state index in [4.69, 9.17) is 0 Å². The fraction of sp³-hybridized carbons (Fsp3) is 0.455. The topological polar surface area (TPSA) is 43.1 Å². The third-order valence-electron chi connectivity index (χ3n) is 2.46. The first-order valence-electron chi connectivity index (χ1n) is 4.70. The lowest BCUT2D eigenvalue weighted by Gasteiger charge is -2.13. The zero-order chi connectivity index (χ0) is 10.7. The molecule has 14 heavy (non-hydrogen) atoms. The monoisotopic (exact) mass is 193 g/mol. The fourth-order valence-corrected chi connectivity index (χ4v) is 1.92. The lowest BCUT2D eigenvalue weighted by Crippen LogP contribution is -2.11. The molecule has 0 aliphatic rings. The largest absolute Gasteiger partial charge is 0.265 e. The molecule has 1 atom stereocenters. The quantitative estimate of drug-likeness (QED) is 0.547. The second-order valence-corrected chi connectivity index (χ2v) is 3.72. The highest BCUT2D eigenvalue weighted by atomic mass is 16.6. The summed E-state index contributed by atoms with van der Waals surface area (Å²) in [4.78, 5) is 10.2. The van der Waals surface area contributed by atoms with E-state index < -0.39 is 0 Å². The van der Waals surface area contributed by atoms with Crippen molar-refractivity contribution in [3.63, 3.8) is 0 Å². The van der Waals surface area contributed by atoms with E-state index >= 15 is 0 Å². The molecule has 3 nitrogen and oxygen atoms in total. The van der Waals surface area contributed by atoms with Crippen LogP contribution in [0.2, 0.25) is 0 Å². The van der Waals surface area contributed by atoms with Crippen molar-refractivity contribution in [2.24, 2.45) is 0 Å². The summed E-state index contributed by atoms with van der Waals surface area (Å²) in [6.07, 6.45) is 0. The summed E-state index contributed by atoms with van der Waals surface area (Å²) < 4.78 is 0. The van der Waals surface area contributed by atoms with Crippen LogP contribution >= 0.6 is 0 Å². The number of hydrogen-bond donors (Lipinski definition) is 0. The molecule has 1 rings (SSSR count). The van der Waals surface area contributed by atoms with Crippen LogP contribution in [0.3, 0.4) is 0 Å². The third kappa shape index (κ3) is 2.31. The van der Waals surface area contributed by atoms with Crippen molar-refractivity contribution in [2.75, 3.05) is 6.54 Å². The van der Waals surface area contributed by atoms with Crippen LogP contribution in [0.5, 0.6) is 0 Å². The molecule has 0 aliphatic carbocycles. The minimum absolute atomic E-state index is 0.00565. The summed E-state index contributed by atoms with van der Waals surface area (Å²) in [5, 5.41) is 10.4. The van der Waals surface area contributed by atoms with Crippen LogP contribution in [0.1, 0.15) is 29.5 Å².